The first kappa shape index (κ1) is 16.4. The minimum absolute atomic E-state index is 0.00883. The van der Waals surface area contributed by atoms with Gasteiger partial charge in [-0.2, -0.15) is 0 Å². The van der Waals surface area contributed by atoms with Gasteiger partial charge in [0.05, 0.1) is 11.3 Å². The number of nitrogens with one attached hydrogen (secondary N) is 1. The second-order valence-corrected chi connectivity index (χ2v) is 7.80. The smallest absolute Gasteiger partial charge is 0.336 e. The molecule has 2 N–H and O–H groups in total. The summed E-state index contributed by atoms with van der Waals surface area (Å²) < 4.78 is 0. The van der Waals surface area contributed by atoms with E-state index in [2.05, 4.69) is 12.2 Å². The van der Waals surface area contributed by atoms with Crippen LogP contribution >= 0.6 is 11.8 Å². The highest BCUT2D eigenvalue weighted by Gasteiger charge is 2.42. The van der Waals surface area contributed by atoms with Crippen molar-refractivity contribution in [1.82, 2.24) is 5.32 Å². The fourth-order valence-corrected chi connectivity index (χ4v) is 5.08. The third kappa shape index (κ3) is 3.71. The number of aromatic carboxylic acids is 1. The van der Waals surface area contributed by atoms with E-state index in [9.17, 15) is 9.59 Å². The molecule has 2 bridgehead atoms. The third-order valence-electron chi connectivity index (χ3n) is 5.30. The van der Waals surface area contributed by atoms with Crippen LogP contribution in [0.25, 0.3) is 0 Å². The number of benzene rings is 1. The number of fused-ring (bicyclic) bond motifs is 2. The van der Waals surface area contributed by atoms with Crippen LogP contribution in [0.15, 0.2) is 29.2 Å². The Bertz CT molecular complexity index is 604. The summed E-state index contributed by atoms with van der Waals surface area (Å²) in [6.07, 6.45) is 5.27. The molecule has 1 aromatic carbocycles. The molecule has 4 nitrogen and oxygen atoms in total. The van der Waals surface area contributed by atoms with Crippen molar-refractivity contribution in [2.75, 3.05) is 5.75 Å². The van der Waals surface area contributed by atoms with Crippen LogP contribution in [0.3, 0.4) is 0 Å². The molecule has 3 rings (SSSR count). The highest BCUT2D eigenvalue weighted by atomic mass is 32.2. The maximum atomic E-state index is 12.2. The van der Waals surface area contributed by atoms with Gasteiger partial charge >= 0.3 is 5.97 Å². The number of carbonyl (C=O) groups is 2. The van der Waals surface area contributed by atoms with E-state index in [-0.39, 0.29) is 23.3 Å². The molecule has 2 aliphatic carbocycles. The maximum Gasteiger partial charge on any atom is 0.336 e. The van der Waals surface area contributed by atoms with Crippen LogP contribution in [0.1, 0.15) is 43.0 Å². The van der Waals surface area contributed by atoms with Crippen molar-refractivity contribution in [2.24, 2.45) is 17.8 Å². The van der Waals surface area contributed by atoms with E-state index in [0.717, 1.165) is 11.8 Å². The first-order valence-electron chi connectivity index (χ1n) is 8.29. The van der Waals surface area contributed by atoms with Crippen LogP contribution in [0.2, 0.25) is 0 Å². The Balaban J connectivity index is 1.51. The number of hydrogen-bond donors (Lipinski definition) is 2. The lowest BCUT2D eigenvalue weighted by Gasteiger charge is -2.28. The average molecular weight is 333 g/mol. The van der Waals surface area contributed by atoms with Crippen molar-refractivity contribution in [3.63, 3.8) is 0 Å². The summed E-state index contributed by atoms with van der Waals surface area (Å²) in [6, 6.07) is 7.03. The van der Waals surface area contributed by atoms with Crippen molar-refractivity contribution in [3.05, 3.63) is 29.8 Å². The molecule has 0 unspecified atom stereocenters. The van der Waals surface area contributed by atoms with Crippen LogP contribution in [-0.2, 0) is 4.79 Å². The van der Waals surface area contributed by atoms with Crippen molar-refractivity contribution in [3.8, 4) is 0 Å². The Kier molecular flexibility index (Phi) is 4.95. The molecule has 2 aliphatic rings. The number of hydrogen-bond acceptors (Lipinski definition) is 3. The largest absolute Gasteiger partial charge is 0.478 e. The topological polar surface area (TPSA) is 66.4 Å². The molecule has 1 amide bonds. The normalized spacial score (nSPS) is 26.9. The molecule has 0 aliphatic heterocycles. The summed E-state index contributed by atoms with van der Waals surface area (Å²) in [7, 11) is 0. The van der Waals surface area contributed by atoms with Crippen LogP contribution in [0.4, 0.5) is 0 Å². The van der Waals surface area contributed by atoms with Crippen LogP contribution in [0.5, 0.6) is 0 Å². The standard InChI is InChI=1S/C18H23NO3S/c1-11(15-9-12-6-7-13(15)8-12)19-17(20)10-23-16-5-3-2-4-14(16)18(21)22/h2-5,11-13,15H,6-10H2,1H3,(H,19,20)(H,21,22)/t11-,12-,13-,15+/m0/s1. The van der Waals surface area contributed by atoms with E-state index in [0.29, 0.717) is 10.8 Å². The zero-order chi connectivity index (χ0) is 16.4. The molecule has 2 fully saturated rings. The SMILES string of the molecule is C[C@H](NC(=O)CSc1ccccc1C(=O)O)[C@H]1C[C@H]2CC[C@H]1C2. The number of rotatable bonds is 6. The zero-order valence-electron chi connectivity index (χ0n) is 13.3. The fraction of sp³-hybridized carbons (Fsp3) is 0.556. The Morgan fingerprint density at radius 1 is 1.30 bits per heavy atom. The van der Waals surface area contributed by atoms with Gasteiger partial charge in [0.2, 0.25) is 5.91 Å². The van der Waals surface area contributed by atoms with Gasteiger partial charge in [-0.05, 0) is 56.1 Å². The summed E-state index contributed by atoms with van der Waals surface area (Å²) >= 11 is 1.29. The summed E-state index contributed by atoms with van der Waals surface area (Å²) in [6.45, 7) is 2.11. The molecule has 2 saturated carbocycles. The van der Waals surface area contributed by atoms with Crippen molar-refractivity contribution >= 4 is 23.6 Å². The first-order chi connectivity index (χ1) is 11.0. The number of carboxylic acid groups (broad SMARTS) is 1. The highest BCUT2D eigenvalue weighted by Crippen LogP contribution is 2.49. The molecular formula is C18H23NO3S. The van der Waals surface area contributed by atoms with Gasteiger partial charge in [0, 0.05) is 10.9 Å². The monoisotopic (exact) mass is 333 g/mol. The number of thioether (sulfide) groups is 1. The number of carboxylic acids is 1. The molecule has 0 saturated heterocycles. The van der Waals surface area contributed by atoms with Gasteiger partial charge in [0.15, 0.2) is 0 Å². The molecule has 5 heteroatoms. The van der Waals surface area contributed by atoms with Gasteiger partial charge in [-0.1, -0.05) is 18.6 Å². The number of carbonyl (C=O) groups excluding carboxylic acids is 1. The Labute approximate surface area is 141 Å². The van der Waals surface area contributed by atoms with Crippen LogP contribution < -0.4 is 5.32 Å². The lowest BCUT2D eigenvalue weighted by atomic mass is 9.84. The van der Waals surface area contributed by atoms with Gasteiger partial charge in [-0.25, -0.2) is 4.79 Å². The highest BCUT2D eigenvalue weighted by molar-refractivity contribution is 8.00. The van der Waals surface area contributed by atoms with E-state index in [1.54, 1.807) is 24.3 Å². The predicted molar refractivity (Wildman–Crippen MR) is 90.7 cm³/mol. The molecule has 4 atom stereocenters. The molecular weight excluding hydrogens is 310 g/mol. The summed E-state index contributed by atoms with van der Waals surface area (Å²) in [5.74, 6) is 1.58. The first-order valence-corrected chi connectivity index (χ1v) is 9.27. The van der Waals surface area contributed by atoms with E-state index in [1.807, 2.05) is 0 Å². The minimum Gasteiger partial charge on any atom is -0.478 e. The van der Waals surface area contributed by atoms with E-state index >= 15 is 0 Å². The Morgan fingerprint density at radius 3 is 2.74 bits per heavy atom. The lowest BCUT2D eigenvalue weighted by molar-refractivity contribution is -0.119. The van der Waals surface area contributed by atoms with Gasteiger partial charge in [0.1, 0.15) is 0 Å². The van der Waals surface area contributed by atoms with Crippen LogP contribution in [-0.4, -0.2) is 28.8 Å². The second-order valence-electron chi connectivity index (χ2n) is 6.78. The van der Waals surface area contributed by atoms with E-state index in [1.165, 1.54) is 37.4 Å². The fourth-order valence-electron chi connectivity index (χ4n) is 4.22. The van der Waals surface area contributed by atoms with Crippen LogP contribution in [0, 0.1) is 17.8 Å². The lowest BCUT2D eigenvalue weighted by Crippen LogP contribution is -2.40. The molecule has 1 aromatic rings. The van der Waals surface area contributed by atoms with Crippen molar-refractivity contribution in [1.29, 1.82) is 0 Å². The Hall–Kier alpha value is -1.49. The molecule has 0 spiro atoms. The minimum atomic E-state index is -0.955. The van der Waals surface area contributed by atoms with Gasteiger partial charge in [-0.3, -0.25) is 4.79 Å². The molecule has 23 heavy (non-hydrogen) atoms. The van der Waals surface area contributed by atoms with Gasteiger partial charge in [-0.15, -0.1) is 11.8 Å². The molecule has 124 valence electrons. The predicted octanol–water partition coefficient (Wildman–Crippen LogP) is 3.42. The van der Waals surface area contributed by atoms with Gasteiger partial charge < -0.3 is 10.4 Å². The molecule has 0 heterocycles. The molecule has 0 radical (unpaired) electrons. The van der Waals surface area contributed by atoms with Crippen molar-refractivity contribution < 1.29 is 14.7 Å². The summed E-state index contributed by atoms with van der Waals surface area (Å²) in [5.41, 5.74) is 0.256. The van der Waals surface area contributed by atoms with E-state index in [4.69, 9.17) is 5.11 Å². The molecule has 0 aromatic heterocycles. The zero-order valence-corrected chi connectivity index (χ0v) is 14.1. The van der Waals surface area contributed by atoms with Gasteiger partial charge in [0.25, 0.3) is 0 Å². The summed E-state index contributed by atoms with van der Waals surface area (Å²) in [4.78, 5) is 24.0. The Morgan fingerprint density at radius 2 is 2.09 bits per heavy atom. The quantitative estimate of drug-likeness (QED) is 0.783. The van der Waals surface area contributed by atoms with Crippen molar-refractivity contribution in [2.45, 2.75) is 43.5 Å². The maximum absolute atomic E-state index is 12.2. The third-order valence-corrected chi connectivity index (χ3v) is 6.37. The second kappa shape index (κ2) is 6.95. The van der Waals surface area contributed by atoms with E-state index < -0.39 is 5.97 Å². The summed E-state index contributed by atoms with van der Waals surface area (Å²) in [5, 5.41) is 12.3. The average Bonchev–Trinajstić information content (AvgIpc) is 3.16. The number of amides is 1.